The predicted octanol–water partition coefficient (Wildman–Crippen LogP) is 1.50. The van der Waals surface area contributed by atoms with E-state index in [1.165, 1.54) is 6.20 Å². The molecule has 1 aliphatic rings. The predicted molar refractivity (Wildman–Crippen MR) is 95.8 cm³/mol. The van der Waals surface area contributed by atoms with Crippen LogP contribution in [-0.2, 0) is 0 Å². The lowest BCUT2D eigenvalue weighted by atomic mass is 10.1. The van der Waals surface area contributed by atoms with Crippen LogP contribution < -0.4 is 10.5 Å². The summed E-state index contributed by atoms with van der Waals surface area (Å²) in [6.45, 7) is 3.00. The molecule has 3 aromatic rings. The van der Waals surface area contributed by atoms with E-state index in [1.807, 2.05) is 27.9 Å². The van der Waals surface area contributed by atoms with Crippen LogP contribution in [0.5, 0.6) is 0 Å². The highest BCUT2D eigenvalue weighted by Gasteiger charge is 2.28. The van der Waals surface area contributed by atoms with E-state index in [0.29, 0.717) is 35.4 Å². The molecule has 2 N–H and O–H groups in total. The fraction of sp³-hybridized carbons (Fsp3) is 0.333. The summed E-state index contributed by atoms with van der Waals surface area (Å²) < 4.78 is 1.91. The minimum Gasteiger partial charge on any atom is -0.387 e. The largest absolute Gasteiger partial charge is 0.387 e. The Morgan fingerprint density at radius 1 is 1.50 bits per heavy atom. The minimum atomic E-state index is -0.736. The van der Waals surface area contributed by atoms with Crippen molar-refractivity contribution < 1.29 is 5.11 Å². The maximum Gasteiger partial charge on any atom is 0.268 e. The summed E-state index contributed by atoms with van der Waals surface area (Å²) in [5, 5.41) is 24.4. The van der Waals surface area contributed by atoms with Gasteiger partial charge in [-0.2, -0.15) is 10.4 Å². The third kappa shape index (κ3) is 2.62. The van der Waals surface area contributed by atoms with Crippen LogP contribution in [-0.4, -0.2) is 37.9 Å². The summed E-state index contributed by atoms with van der Waals surface area (Å²) >= 11 is 0. The number of nitrogens with one attached hydrogen (secondary N) is 1. The van der Waals surface area contributed by atoms with Crippen LogP contribution >= 0.6 is 0 Å². The number of aromatic nitrogens is 4. The number of aliphatic hydroxyl groups is 1. The van der Waals surface area contributed by atoms with Crippen LogP contribution in [0.25, 0.3) is 10.9 Å². The highest BCUT2D eigenvalue weighted by molar-refractivity contribution is 5.94. The fourth-order valence-electron chi connectivity index (χ4n) is 3.51. The molecule has 0 aliphatic carbocycles. The molecule has 8 heteroatoms. The average Bonchev–Trinajstić information content (AvgIpc) is 3.31. The lowest BCUT2D eigenvalue weighted by molar-refractivity contribution is 0.194. The lowest BCUT2D eigenvalue weighted by Crippen LogP contribution is -2.26. The molecule has 4 rings (SSSR count). The van der Waals surface area contributed by atoms with Gasteiger partial charge < -0.3 is 15.0 Å². The molecule has 1 unspecified atom stereocenters. The lowest BCUT2D eigenvalue weighted by Gasteiger charge is -2.22. The van der Waals surface area contributed by atoms with Gasteiger partial charge >= 0.3 is 0 Å². The van der Waals surface area contributed by atoms with Crippen molar-refractivity contribution in [1.29, 1.82) is 5.26 Å². The van der Waals surface area contributed by atoms with Gasteiger partial charge in [-0.1, -0.05) is 0 Å². The topological polar surface area (TPSA) is 111 Å². The first-order chi connectivity index (χ1) is 12.6. The second-order valence-electron chi connectivity index (χ2n) is 6.49. The molecule has 132 valence electrons. The first kappa shape index (κ1) is 16.3. The van der Waals surface area contributed by atoms with Crippen LogP contribution in [0.1, 0.15) is 36.7 Å². The Morgan fingerprint density at radius 2 is 2.35 bits per heavy atom. The van der Waals surface area contributed by atoms with Gasteiger partial charge in [0.25, 0.3) is 5.56 Å². The molecule has 1 fully saturated rings. The number of aliphatic hydroxyl groups excluding tert-OH is 1. The number of pyridine rings is 2. The number of fused-ring (bicyclic) bond motifs is 1. The molecule has 0 amide bonds. The van der Waals surface area contributed by atoms with Crippen molar-refractivity contribution in [3.63, 3.8) is 0 Å². The number of H-pyrrole nitrogens is 1. The summed E-state index contributed by atoms with van der Waals surface area (Å²) in [5.41, 5.74) is 1.31. The fourth-order valence-corrected chi connectivity index (χ4v) is 3.51. The third-order valence-corrected chi connectivity index (χ3v) is 4.81. The number of rotatable bonds is 3. The number of nitriles is 1. The highest BCUT2D eigenvalue weighted by Crippen LogP contribution is 2.33. The molecule has 0 bridgehead atoms. The van der Waals surface area contributed by atoms with Gasteiger partial charge in [-0.15, -0.1) is 0 Å². The third-order valence-electron chi connectivity index (χ3n) is 4.81. The highest BCUT2D eigenvalue weighted by atomic mass is 16.3. The standard InChI is InChI=1S/C18H18N6O2/c1-11(25)15-7-13-16(9-20-15)22-18(26)14(8-19)17(13)23-6-3-12(10-23)24-5-2-4-21-24/h2,4-5,7,9,11-12,25H,3,6,10H2,1H3,(H,22,26)/t11?,12-/m1/s1. The molecule has 3 aromatic heterocycles. The van der Waals surface area contributed by atoms with E-state index in [0.717, 1.165) is 6.42 Å². The van der Waals surface area contributed by atoms with Gasteiger partial charge in [0.2, 0.25) is 0 Å². The molecular formula is C18H18N6O2. The molecular weight excluding hydrogens is 332 g/mol. The maximum atomic E-state index is 12.4. The zero-order chi connectivity index (χ0) is 18.3. The number of hydrogen-bond acceptors (Lipinski definition) is 6. The summed E-state index contributed by atoms with van der Waals surface area (Å²) in [7, 11) is 0. The van der Waals surface area contributed by atoms with E-state index < -0.39 is 11.7 Å². The quantitative estimate of drug-likeness (QED) is 0.740. The van der Waals surface area contributed by atoms with Gasteiger partial charge in [-0.3, -0.25) is 14.5 Å². The van der Waals surface area contributed by atoms with Crippen molar-refractivity contribution >= 4 is 16.6 Å². The first-order valence-electron chi connectivity index (χ1n) is 8.46. The van der Waals surface area contributed by atoms with Crippen molar-refractivity contribution in [3.8, 4) is 6.07 Å². The molecule has 0 spiro atoms. The Hall–Kier alpha value is -3.18. The molecule has 0 saturated carbocycles. The van der Waals surface area contributed by atoms with Crippen molar-refractivity contribution in [3.05, 3.63) is 52.3 Å². The SMILES string of the molecule is CC(O)c1cc2c(N3CC[C@@H](n4cccn4)C3)c(C#N)c(=O)[nH]c2cn1. The van der Waals surface area contributed by atoms with Gasteiger partial charge in [0.15, 0.2) is 0 Å². The normalized spacial score (nSPS) is 18.2. The summed E-state index contributed by atoms with van der Waals surface area (Å²) in [5.74, 6) is 0. The van der Waals surface area contributed by atoms with Crippen molar-refractivity contribution in [2.24, 2.45) is 0 Å². The smallest absolute Gasteiger partial charge is 0.268 e. The number of hydrogen-bond donors (Lipinski definition) is 2. The van der Waals surface area contributed by atoms with Crippen LogP contribution in [0.3, 0.4) is 0 Å². The van der Waals surface area contributed by atoms with Crippen molar-refractivity contribution in [2.45, 2.75) is 25.5 Å². The van der Waals surface area contributed by atoms with Crippen LogP contribution in [0.2, 0.25) is 0 Å². The minimum absolute atomic E-state index is 0.0846. The van der Waals surface area contributed by atoms with E-state index in [9.17, 15) is 15.2 Å². The average molecular weight is 350 g/mol. The van der Waals surface area contributed by atoms with Gasteiger partial charge in [0, 0.05) is 30.9 Å². The Balaban J connectivity index is 1.86. The summed E-state index contributed by atoms with van der Waals surface area (Å²) in [6, 6.07) is 5.85. The molecule has 4 heterocycles. The van der Waals surface area contributed by atoms with E-state index in [1.54, 1.807) is 19.2 Å². The zero-order valence-corrected chi connectivity index (χ0v) is 14.3. The Kier molecular flexibility index (Phi) is 3.93. The molecule has 0 aromatic carbocycles. The number of nitrogens with zero attached hydrogens (tertiary/aromatic N) is 5. The van der Waals surface area contributed by atoms with Crippen molar-refractivity contribution in [2.75, 3.05) is 18.0 Å². The van der Waals surface area contributed by atoms with Crippen LogP contribution in [0.15, 0.2) is 35.5 Å². The Bertz CT molecular complexity index is 1050. The van der Waals surface area contributed by atoms with Crippen LogP contribution in [0.4, 0.5) is 5.69 Å². The van der Waals surface area contributed by atoms with E-state index in [4.69, 9.17) is 0 Å². The Morgan fingerprint density at radius 3 is 3.04 bits per heavy atom. The van der Waals surface area contributed by atoms with Gasteiger partial charge in [0.05, 0.1) is 35.2 Å². The summed E-state index contributed by atoms with van der Waals surface area (Å²) in [4.78, 5) is 21.3. The summed E-state index contributed by atoms with van der Waals surface area (Å²) in [6.07, 6.45) is 5.33. The molecule has 0 radical (unpaired) electrons. The van der Waals surface area contributed by atoms with Gasteiger partial charge in [-0.05, 0) is 25.5 Å². The molecule has 8 nitrogen and oxygen atoms in total. The Labute approximate surface area is 149 Å². The molecule has 1 aliphatic heterocycles. The second-order valence-corrected chi connectivity index (χ2v) is 6.49. The van der Waals surface area contributed by atoms with E-state index in [2.05, 4.69) is 15.1 Å². The first-order valence-corrected chi connectivity index (χ1v) is 8.46. The second kappa shape index (κ2) is 6.28. The molecule has 1 saturated heterocycles. The van der Waals surface area contributed by atoms with Crippen molar-refractivity contribution in [1.82, 2.24) is 19.7 Å². The van der Waals surface area contributed by atoms with Gasteiger partial charge in [-0.25, -0.2) is 0 Å². The monoisotopic (exact) mass is 350 g/mol. The molecule has 26 heavy (non-hydrogen) atoms. The maximum absolute atomic E-state index is 12.4. The number of anilines is 1. The van der Waals surface area contributed by atoms with E-state index in [-0.39, 0.29) is 11.6 Å². The zero-order valence-electron chi connectivity index (χ0n) is 14.3. The number of aromatic amines is 1. The van der Waals surface area contributed by atoms with Gasteiger partial charge in [0.1, 0.15) is 11.6 Å². The van der Waals surface area contributed by atoms with E-state index >= 15 is 0 Å². The van der Waals surface area contributed by atoms with Crippen LogP contribution in [0, 0.1) is 11.3 Å². The molecule has 2 atom stereocenters.